The van der Waals surface area contributed by atoms with E-state index in [0.29, 0.717) is 17.1 Å². The van der Waals surface area contributed by atoms with Gasteiger partial charge in [0.25, 0.3) is 0 Å². The standard InChI is InChI=1S/C19H25BrO2/c1-18-7-6-12-11-3-5-15(21)17(20)13(11)2-4-14(12)19(18)9-10(19)8-16(18)22/h10-12,14,16,22H,2-9H2,1H3/t10-,11?,12?,14?,16+,18-,19+/m1/s1. The van der Waals surface area contributed by atoms with E-state index in [1.807, 2.05) is 0 Å². The van der Waals surface area contributed by atoms with Gasteiger partial charge in [0.05, 0.1) is 10.6 Å². The van der Waals surface area contributed by atoms with Gasteiger partial charge < -0.3 is 5.11 Å². The maximum Gasteiger partial charge on any atom is 0.169 e. The molecule has 0 aromatic carbocycles. The third kappa shape index (κ3) is 1.45. The maximum absolute atomic E-state index is 12.0. The second-order valence-electron chi connectivity index (χ2n) is 8.87. The van der Waals surface area contributed by atoms with Gasteiger partial charge >= 0.3 is 0 Å². The van der Waals surface area contributed by atoms with Gasteiger partial charge in [0.1, 0.15) is 0 Å². The molecule has 4 fully saturated rings. The molecule has 1 N–H and O–H groups in total. The fraction of sp³-hybridized carbons (Fsp3) is 0.842. The number of allylic oxidation sites excluding steroid dienone is 1. The highest BCUT2D eigenvalue weighted by atomic mass is 79.9. The molecule has 120 valence electrons. The van der Waals surface area contributed by atoms with Crippen LogP contribution in [0.25, 0.3) is 0 Å². The topological polar surface area (TPSA) is 37.3 Å². The van der Waals surface area contributed by atoms with E-state index in [1.54, 1.807) is 0 Å². The van der Waals surface area contributed by atoms with Crippen molar-refractivity contribution < 1.29 is 9.90 Å². The van der Waals surface area contributed by atoms with Crippen molar-refractivity contribution in [2.75, 3.05) is 0 Å². The summed E-state index contributed by atoms with van der Waals surface area (Å²) in [7, 11) is 0. The molecule has 7 atom stereocenters. The van der Waals surface area contributed by atoms with E-state index >= 15 is 0 Å². The summed E-state index contributed by atoms with van der Waals surface area (Å²) in [6.07, 6.45) is 8.97. The zero-order chi connectivity index (χ0) is 15.3. The molecule has 0 radical (unpaired) electrons. The van der Waals surface area contributed by atoms with Crippen molar-refractivity contribution >= 4 is 21.7 Å². The molecule has 0 amide bonds. The van der Waals surface area contributed by atoms with Crippen LogP contribution in [0.5, 0.6) is 0 Å². The van der Waals surface area contributed by atoms with Gasteiger partial charge in [-0.15, -0.1) is 0 Å². The Kier molecular flexibility index (Phi) is 2.76. The molecule has 22 heavy (non-hydrogen) atoms. The highest BCUT2D eigenvalue weighted by Gasteiger charge is 2.76. The maximum atomic E-state index is 12.0. The van der Waals surface area contributed by atoms with Crippen LogP contribution in [-0.2, 0) is 4.79 Å². The number of halogens is 1. The van der Waals surface area contributed by atoms with Crippen LogP contribution in [0.4, 0.5) is 0 Å². The first-order chi connectivity index (χ1) is 10.5. The van der Waals surface area contributed by atoms with Crippen LogP contribution >= 0.6 is 15.9 Å². The van der Waals surface area contributed by atoms with Crippen LogP contribution in [0.15, 0.2) is 10.1 Å². The summed E-state index contributed by atoms with van der Waals surface area (Å²) in [6, 6.07) is 0. The van der Waals surface area contributed by atoms with E-state index in [0.717, 1.165) is 47.9 Å². The Labute approximate surface area is 140 Å². The predicted octanol–water partition coefficient (Wildman–Crippen LogP) is 4.21. The molecule has 3 heteroatoms. The minimum Gasteiger partial charge on any atom is -0.393 e. The smallest absolute Gasteiger partial charge is 0.169 e. The number of aliphatic hydroxyl groups excluding tert-OH is 1. The molecule has 0 aromatic heterocycles. The fourth-order valence-electron chi connectivity index (χ4n) is 7.45. The molecular weight excluding hydrogens is 340 g/mol. The second-order valence-corrected chi connectivity index (χ2v) is 9.66. The molecule has 0 heterocycles. The van der Waals surface area contributed by atoms with Gasteiger partial charge in [0.2, 0.25) is 0 Å². The molecule has 5 aliphatic rings. The lowest BCUT2D eigenvalue weighted by molar-refractivity contribution is -0.117. The van der Waals surface area contributed by atoms with Gasteiger partial charge in [-0.05, 0) is 101 Å². The summed E-state index contributed by atoms with van der Waals surface area (Å²) in [6.45, 7) is 2.38. The Hall–Kier alpha value is -0.150. The van der Waals surface area contributed by atoms with Gasteiger partial charge in [-0.2, -0.15) is 0 Å². The van der Waals surface area contributed by atoms with E-state index in [2.05, 4.69) is 22.9 Å². The highest BCUT2D eigenvalue weighted by molar-refractivity contribution is 9.12. The lowest BCUT2D eigenvalue weighted by Gasteiger charge is -2.55. The lowest BCUT2D eigenvalue weighted by Crippen LogP contribution is -2.50. The van der Waals surface area contributed by atoms with E-state index < -0.39 is 0 Å². The summed E-state index contributed by atoms with van der Waals surface area (Å²) in [5.74, 6) is 3.33. The van der Waals surface area contributed by atoms with Crippen molar-refractivity contribution in [3.63, 3.8) is 0 Å². The first-order valence-corrected chi connectivity index (χ1v) is 9.88. The molecule has 2 nitrogen and oxygen atoms in total. The van der Waals surface area contributed by atoms with Gasteiger partial charge in [-0.3, -0.25) is 4.79 Å². The van der Waals surface area contributed by atoms with Gasteiger partial charge in [-0.25, -0.2) is 0 Å². The number of hydrogen-bond donors (Lipinski definition) is 1. The second kappa shape index (κ2) is 4.27. The van der Waals surface area contributed by atoms with Crippen LogP contribution in [0, 0.1) is 34.5 Å². The summed E-state index contributed by atoms with van der Waals surface area (Å²) in [5, 5.41) is 10.6. The van der Waals surface area contributed by atoms with Crippen LogP contribution in [0.3, 0.4) is 0 Å². The number of carbonyl (C=O) groups excluding carboxylic acids is 1. The van der Waals surface area contributed by atoms with Crippen LogP contribution < -0.4 is 0 Å². The molecule has 1 spiro atoms. The van der Waals surface area contributed by atoms with Crippen molar-refractivity contribution in [3.05, 3.63) is 10.1 Å². The number of hydrogen-bond acceptors (Lipinski definition) is 2. The van der Waals surface area contributed by atoms with Crippen LogP contribution in [-0.4, -0.2) is 17.0 Å². The molecule has 0 aromatic rings. The molecule has 3 unspecified atom stereocenters. The average molecular weight is 365 g/mol. The molecule has 5 aliphatic carbocycles. The van der Waals surface area contributed by atoms with Crippen molar-refractivity contribution in [2.24, 2.45) is 34.5 Å². The van der Waals surface area contributed by atoms with E-state index in [4.69, 9.17) is 0 Å². The van der Waals surface area contributed by atoms with Gasteiger partial charge in [-0.1, -0.05) is 6.92 Å². The summed E-state index contributed by atoms with van der Waals surface area (Å²) in [5.41, 5.74) is 2.07. The quantitative estimate of drug-likeness (QED) is 0.698. The number of fused-ring (bicyclic) bond motifs is 3. The molecule has 5 rings (SSSR count). The normalized spacial score (nSPS) is 56.1. The Balaban J connectivity index is 1.54. The molecule has 4 saturated carbocycles. The number of carbonyl (C=O) groups is 1. The SMILES string of the molecule is C[C@]12CCC3C4CCC(=O)C(Br)=C4CCC3[C@@]13C[C@H]3C[C@@H]2O. The third-order valence-corrected chi connectivity index (χ3v) is 9.48. The first-order valence-electron chi connectivity index (χ1n) is 9.09. The van der Waals surface area contributed by atoms with E-state index in [9.17, 15) is 9.90 Å². The number of aliphatic hydroxyl groups is 1. The van der Waals surface area contributed by atoms with Gasteiger partial charge in [0.15, 0.2) is 5.78 Å². The minimum atomic E-state index is -0.0659. The van der Waals surface area contributed by atoms with Crippen molar-refractivity contribution in [1.82, 2.24) is 0 Å². The summed E-state index contributed by atoms with van der Waals surface area (Å²) in [4.78, 5) is 12.0. The zero-order valence-electron chi connectivity index (χ0n) is 13.3. The molecule has 0 bridgehead atoms. The Morgan fingerprint density at radius 3 is 2.86 bits per heavy atom. The number of ketones is 1. The summed E-state index contributed by atoms with van der Waals surface area (Å²) >= 11 is 3.60. The monoisotopic (exact) mass is 364 g/mol. The van der Waals surface area contributed by atoms with Crippen molar-refractivity contribution in [2.45, 2.75) is 64.4 Å². The predicted molar refractivity (Wildman–Crippen MR) is 88.4 cm³/mol. The summed E-state index contributed by atoms with van der Waals surface area (Å²) < 4.78 is 0.923. The lowest BCUT2D eigenvalue weighted by atomic mass is 9.49. The molecule has 0 saturated heterocycles. The first kappa shape index (κ1) is 14.2. The van der Waals surface area contributed by atoms with E-state index in [-0.39, 0.29) is 11.5 Å². The molecule has 0 aliphatic heterocycles. The number of Topliss-reactive ketones (excluding diaryl/α,β-unsaturated/α-hetero) is 1. The number of rotatable bonds is 0. The Bertz CT molecular complexity index is 596. The van der Waals surface area contributed by atoms with Crippen LogP contribution in [0.1, 0.15) is 58.3 Å². The average Bonchev–Trinajstić information content (AvgIpc) is 3.16. The Morgan fingerprint density at radius 1 is 1.23 bits per heavy atom. The third-order valence-electron chi connectivity index (χ3n) is 8.53. The van der Waals surface area contributed by atoms with Crippen molar-refractivity contribution in [3.8, 4) is 0 Å². The Morgan fingerprint density at radius 2 is 2.05 bits per heavy atom. The van der Waals surface area contributed by atoms with Crippen molar-refractivity contribution in [1.29, 1.82) is 0 Å². The van der Waals surface area contributed by atoms with E-state index in [1.165, 1.54) is 31.3 Å². The minimum absolute atomic E-state index is 0.0659. The molecular formula is C19H25BrO2. The van der Waals surface area contributed by atoms with Crippen LogP contribution in [0.2, 0.25) is 0 Å². The largest absolute Gasteiger partial charge is 0.393 e. The highest BCUT2D eigenvalue weighted by Crippen LogP contribution is 2.81. The zero-order valence-corrected chi connectivity index (χ0v) is 14.9. The van der Waals surface area contributed by atoms with Gasteiger partial charge in [0, 0.05) is 6.42 Å². The fourth-order valence-corrected chi connectivity index (χ4v) is 8.14.